The summed E-state index contributed by atoms with van der Waals surface area (Å²) in [6, 6.07) is 10.9. The van der Waals surface area contributed by atoms with Crippen LogP contribution in [0.5, 0.6) is 0 Å². The van der Waals surface area contributed by atoms with Gasteiger partial charge in [-0.3, -0.25) is 0 Å². The molecule has 0 amide bonds. The van der Waals surface area contributed by atoms with E-state index in [0.29, 0.717) is 0 Å². The fourth-order valence-electron chi connectivity index (χ4n) is 1.37. The Morgan fingerprint density at radius 3 is 2.26 bits per heavy atom. The molecule has 0 fully saturated rings. The van der Waals surface area contributed by atoms with E-state index in [2.05, 4.69) is 0 Å². The molecule has 0 bridgehead atoms. The summed E-state index contributed by atoms with van der Waals surface area (Å²) in [7, 11) is 0. The zero-order valence-corrected chi connectivity index (χ0v) is 9.32. The number of aromatic nitrogens is 1. The molecule has 0 unspecified atom stereocenters. The molecule has 1 aromatic heterocycles. The molecule has 0 aliphatic carbocycles. The number of carbonyl (C=O) groups is 2. The van der Waals surface area contributed by atoms with E-state index >= 15 is 0 Å². The molecule has 0 saturated heterocycles. The normalized spacial score (nSPS) is 9.26. The Kier molecular flexibility index (Phi) is 5.69. The van der Waals surface area contributed by atoms with Crippen LogP contribution in [0.2, 0.25) is 0 Å². The standard InChI is InChI=1S/C13H9NO4.Na.H/c15-12(16)10-5-4-6-11(9-10)13(17)18-14-7-2-1-3-8-14;;/h1-9H;;/p+1. The van der Waals surface area contributed by atoms with Gasteiger partial charge in [-0.15, -0.1) is 0 Å². The van der Waals surface area contributed by atoms with E-state index < -0.39 is 11.9 Å². The van der Waals surface area contributed by atoms with Crippen LogP contribution >= 0.6 is 0 Å². The SMILES string of the molecule is O=C(O)c1cccc(C(=O)O[n+]2ccccc2)c1.[NaH]. The van der Waals surface area contributed by atoms with Crippen molar-refractivity contribution in [2.75, 3.05) is 0 Å². The first-order chi connectivity index (χ1) is 8.66. The first-order valence-corrected chi connectivity index (χ1v) is 5.19. The fourth-order valence-corrected chi connectivity index (χ4v) is 1.37. The van der Waals surface area contributed by atoms with E-state index in [9.17, 15) is 9.59 Å². The van der Waals surface area contributed by atoms with Gasteiger partial charge in [-0.05, 0) is 18.2 Å². The van der Waals surface area contributed by atoms with Crippen LogP contribution in [0.1, 0.15) is 20.7 Å². The van der Waals surface area contributed by atoms with Crippen molar-refractivity contribution in [3.05, 3.63) is 66.0 Å². The molecule has 1 N–H and O–H groups in total. The molecule has 5 nitrogen and oxygen atoms in total. The average molecular weight is 268 g/mol. The molecular weight excluding hydrogens is 257 g/mol. The Hall–Kier alpha value is -1.69. The second-order valence-corrected chi connectivity index (χ2v) is 3.50. The van der Waals surface area contributed by atoms with Crippen molar-refractivity contribution >= 4 is 41.5 Å². The average Bonchev–Trinajstić information content (AvgIpc) is 2.40. The van der Waals surface area contributed by atoms with Crippen LogP contribution in [0.25, 0.3) is 0 Å². The Balaban J connectivity index is 0.00000180. The van der Waals surface area contributed by atoms with Crippen LogP contribution < -0.4 is 9.57 Å². The number of aromatic carboxylic acids is 1. The van der Waals surface area contributed by atoms with E-state index in [1.165, 1.54) is 29.0 Å². The van der Waals surface area contributed by atoms with Gasteiger partial charge in [-0.1, -0.05) is 12.1 Å². The summed E-state index contributed by atoms with van der Waals surface area (Å²) in [5.74, 6) is -1.70. The molecule has 0 aliphatic rings. The molecule has 92 valence electrons. The van der Waals surface area contributed by atoms with E-state index in [1.54, 1.807) is 30.6 Å². The summed E-state index contributed by atoms with van der Waals surface area (Å²) in [6.45, 7) is 0. The molecule has 1 heterocycles. The van der Waals surface area contributed by atoms with Gasteiger partial charge in [0.05, 0.1) is 11.1 Å². The van der Waals surface area contributed by atoms with Crippen molar-refractivity contribution in [1.29, 1.82) is 0 Å². The predicted molar refractivity (Wildman–Crippen MR) is 68.1 cm³/mol. The van der Waals surface area contributed by atoms with Crippen molar-refractivity contribution in [1.82, 2.24) is 0 Å². The van der Waals surface area contributed by atoms with E-state index in [1.807, 2.05) is 0 Å². The van der Waals surface area contributed by atoms with E-state index in [0.717, 1.165) is 0 Å². The number of benzene rings is 1. The summed E-state index contributed by atoms with van der Waals surface area (Å²) in [4.78, 5) is 27.5. The van der Waals surface area contributed by atoms with E-state index in [-0.39, 0.29) is 40.7 Å². The number of rotatable bonds is 3. The molecule has 2 rings (SSSR count). The maximum absolute atomic E-state index is 11.8. The number of pyridine rings is 1. The first-order valence-electron chi connectivity index (χ1n) is 5.19. The Morgan fingerprint density at radius 1 is 1.00 bits per heavy atom. The second kappa shape index (κ2) is 7.04. The molecule has 6 heteroatoms. The van der Waals surface area contributed by atoms with Gasteiger partial charge in [0.2, 0.25) is 12.4 Å². The summed E-state index contributed by atoms with van der Waals surface area (Å²) < 4.78 is 1.25. The molecule has 19 heavy (non-hydrogen) atoms. The van der Waals surface area contributed by atoms with Gasteiger partial charge in [0, 0.05) is 16.9 Å². The predicted octanol–water partition coefficient (Wildman–Crippen LogP) is 0.293. The van der Waals surface area contributed by atoms with Gasteiger partial charge < -0.3 is 5.11 Å². The number of carbonyl (C=O) groups excluding carboxylic acids is 1. The van der Waals surface area contributed by atoms with Gasteiger partial charge in [-0.2, -0.15) is 4.84 Å². The van der Waals surface area contributed by atoms with E-state index in [4.69, 9.17) is 9.94 Å². The zero-order valence-electron chi connectivity index (χ0n) is 9.32. The minimum absolute atomic E-state index is 0. The van der Waals surface area contributed by atoms with Crippen LogP contribution in [0.15, 0.2) is 54.9 Å². The van der Waals surface area contributed by atoms with Crippen LogP contribution in [0.4, 0.5) is 0 Å². The van der Waals surface area contributed by atoms with Crippen molar-refractivity contribution in [3.63, 3.8) is 0 Å². The molecule has 0 radical (unpaired) electrons. The van der Waals surface area contributed by atoms with Crippen LogP contribution in [0.3, 0.4) is 0 Å². The van der Waals surface area contributed by atoms with Crippen LogP contribution in [-0.4, -0.2) is 46.6 Å². The Bertz CT molecular complexity index is 586. The molecular formula is C13H11NNaO4+. The number of hydrogen-bond donors (Lipinski definition) is 1. The maximum atomic E-state index is 11.8. The minimum atomic E-state index is -1.09. The molecule has 0 spiro atoms. The third-order valence-corrected chi connectivity index (χ3v) is 2.22. The molecule has 0 saturated carbocycles. The van der Waals surface area contributed by atoms with Gasteiger partial charge in [0.15, 0.2) is 0 Å². The molecule has 0 atom stereocenters. The summed E-state index contributed by atoms with van der Waals surface area (Å²) in [5, 5.41) is 8.82. The van der Waals surface area contributed by atoms with Crippen molar-refractivity contribution in [2.24, 2.45) is 0 Å². The van der Waals surface area contributed by atoms with Gasteiger partial charge in [0.1, 0.15) is 0 Å². The van der Waals surface area contributed by atoms with Gasteiger partial charge in [0.25, 0.3) is 0 Å². The summed E-state index contributed by atoms with van der Waals surface area (Å²) in [5.41, 5.74) is 0.230. The number of nitrogens with zero attached hydrogens (tertiary/aromatic N) is 1. The molecule has 0 aliphatic heterocycles. The van der Waals surface area contributed by atoms with Crippen LogP contribution in [0, 0.1) is 0 Å². The van der Waals surface area contributed by atoms with Gasteiger partial charge in [-0.25, -0.2) is 9.59 Å². The fraction of sp³-hybridized carbons (Fsp3) is 0. The third kappa shape index (κ3) is 4.17. The van der Waals surface area contributed by atoms with Crippen molar-refractivity contribution < 1.29 is 24.3 Å². The zero-order chi connectivity index (χ0) is 13.0. The van der Waals surface area contributed by atoms with Crippen molar-refractivity contribution in [3.8, 4) is 0 Å². The number of hydrogen-bond acceptors (Lipinski definition) is 3. The third-order valence-electron chi connectivity index (χ3n) is 2.22. The summed E-state index contributed by atoms with van der Waals surface area (Å²) >= 11 is 0. The van der Waals surface area contributed by atoms with Crippen molar-refractivity contribution in [2.45, 2.75) is 0 Å². The monoisotopic (exact) mass is 268 g/mol. The number of carboxylic acid groups (broad SMARTS) is 1. The van der Waals surface area contributed by atoms with Gasteiger partial charge >= 0.3 is 41.5 Å². The Labute approximate surface area is 131 Å². The second-order valence-electron chi connectivity index (χ2n) is 3.50. The topological polar surface area (TPSA) is 67.5 Å². The quantitative estimate of drug-likeness (QED) is 0.642. The first kappa shape index (κ1) is 15.4. The Morgan fingerprint density at radius 2 is 1.63 bits per heavy atom. The molecule has 2 aromatic rings. The van der Waals surface area contributed by atoms with Crippen LogP contribution in [-0.2, 0) is 0 Å². The summed E-state index contributed by atoms with van der Waals surface area (Å²) in [6.07, 6.45) is 3.14. The number of carboxylic acids is 1. The molecule has 1 aromatic carbocycles.